The quantitative estimate of drug-likeness (QED) is 0.744. The third-order valence-corrected chi connectivity index (χ3v) is 4.10. The van der Waals surface area contributed by atoms with E-state index >= 15 is 0 Å². The first-order chi connectivity index (χ1) is 10.2. The van der Waals surface area contributed by atoms with Crippen LogP contribution in [0.5, 0.6) is 0 Å². The van der Waals surface area contributed by atoms with Crippen molar-refractivity contribution in [1.82, 2.24) is 20.1 Å². The molecule has 2 rings (SSSR count). The molecule has 1 atom stereocenters. The van der Waals surface area contributed by atoms with Gasteiger partial charge in [0.2, 0.25) is 0 Å². The number of rotatable bonds is 8. The van der Waals surface area contributed by atoms with Crippen LogP contribution in [0.1, 0.15) is 24.7 Å². The Hall–Kier alpha value is -1.20. The van der Waals surface area contributed by atoms with Crippen LogP contribution in [-0.2, 0) is 19.9 Å². The summed E-state index contributed by atoms with van der Waals surface area (Å²) in [5, 5.41) is 7.70. The van der Waals surface area contributed by atoms with E-state index < -0.39 is 0 Å². The van der Waals surface area contributed by atoms with Crippen molar-refractivity contribution in [3.63, 3.8) is 0 Å². The van der Waals surface area contributed by atoms with Gasteiger partial charge in [0.15, 0.2) is 0 Å². The number of nitrogens with zero attached hydrogens (tertiary/aromatic N) is 3. The lowest BCUT2D eigenvalue weighted by Gasteiger charge is -2.17. The Labute approximate surface area is 135 Å². The predicted octanol–water partition coefficient (Wildman–Crippen LogP) is 2.98. The molecule has 0 amide bonds. The maximum atomic E-state index is 4.36. The van der Waals surface area contributed by atoms with Crippen LogP contribution in [0.3, 0.4) is 0 Å². The zero-order chi connectivity index (χ0) is 15.1. The summed E-state index contributed by atoms with van der Waals surface area (Å²) in [6.45, 7) is 4.27. The highest BCUT2D eigenvalue weighted by Crippen LogP contribution is 2.16. The Morgan fingerprint density at radius 3 is 2.62 bits per heavy atom. The van der Waals surface area contributed by atoms with Crippen LogP contribution in [0.25, 0.3) is 0 Å². The highest BCUT2D eigenvalue weighted by Gasteiger charge is 2.13. The van der Waals surface area contributed by atoms with Gasteiger partial charge in [-0.3, -0.25) is 4.68 Å². The maximum absolute atomic E-state index is 4.36. The largest absolute Gasteiger partial charge is 0.316 e. The van der Waals surface area contributed by atoms with Gasteiger partial charge in [-0.05, 0) is 49.5 Å². The molecule has 0 saturated heterocycles. The summed E-state index contributed by atoms with van der Waals surface area (Å²) in [7, 11) is 1.96. The van der Waals surface area contributed by atoms with Crippen molar-refractivity contribution in [2.24, 2.45) is 13.0 Å². The van der Waals surface area contributed by atoms with Gasteiger partial charge in [-0.15, -0.1) is 0 Å². The van der Waals surface area contributed by atoms with Gasteiger partial charge >= 0.3 is 0 Å². The summed E-state index contributed by atoms with van der Waals surface area (Å²) < 4.78 is 2.99. The fourth-order valence-electron chi connectivity index (χ4n) is 2.42. The van der Waals surface area contributed by atoms with Gasteiger partial charge in [0, 0.05) is 17.9 Å². The van der Waals surface area contributed by atoms with Crippen LogP contribution >= 0.6 is 15.9 Å². The second-order valence-corrected chi connectivity index (χ2v) is 6.32. The summed E-state index contributed by atoms with van der Waals surface area (Å²) in [5.74, 6) is 1.58. The van der Waals surface area contributed by atoms with Crippen molar-refractivity contribution < 1.29 is 0 Å². The molecule has 0 bridgehead atoms. The van der Waals surface area contributed by atoms with E-state index in [9.17, 15) is 0 Å². The lowest BCUT2D eigenvalue weighted by atomic mass is 9.95. The summed E-state index contributed by atoms with van der Waals surface area (Å²) in [4.78, 5) is 4.36. The van der Waals surface area contributed by atoms with Gasteiger partial charge in [-0.25, -0.2) is 4.98 Å². The van der Waals surface area contributed by atoms with Gasteiger partial charge in [-0.1, -0.05) is 35.0 Å². The molecule has 0 aliphatic rings. The van der Waals surface area contributed by atoms with E-state index in [1.165, 1.54) is 5.56 Å². The van der Waals surface area contributed by atoms with Crippen LogP contribution < -0.4 is 5.32 Å². The molecule has 5 heteroatoms. The molecule has 114 valence electrons. The fourth-order valence-corrected chi connectivity index (χ4v) is 2.68. The third-order valence-electron chi connectivity index (χ3n) is 3.57. The van der Waals surface area contributed by atoms with E-state index in [1.807, 2.05) is 11.7 Å². The Bertz CT molecular complexity index is 535. The van der Waals surface area contributed by atoms with Gasteiger partial charge in [0.05, 0.1) is 0 Å². The number of halogens is 1. The third kappa shape index (κ3) is 5.25. The van der Waals surface area contributed by atoms with Crippen LogP contribution in [0.2, 0.25) is 0 Å². The Balaban J connectivity index is 2.00. The van der Waals surface area contributed by atoms with Crippen molar-refractivity contribution in [3.8, 4) is 0 Å². The van der Waals surface area contributed by atoms with Crippen molar-refractivity contribution >= 4 is 15.9 Å². The molecular weight excluding hydrogens is 328 g/mol. The first-order valence-corrected chi connectivity index (χ1v) is 8.26. The molecule has 0 aliphatic carbocycles. The highest BCUT2D eigenvalue weighted by molar-refractivity contribution is 9.10. The molecule has 21 heavy (non-hydrogen) atoms. The van der Waals surface area contributed by atoms with Gasteiger partial charge in [-0.2, -0.15) is 5.10 Å². The minimum absolute atomic E-state index is 0.528. The smallest absolute Gasteiger partial charge is 0.138 e. The molecule has 1 heterocycles. The minimum Gasteiger partial charge on any atom is -0.316 e. The summed E-state index contributed by atoms with van der Waals surface area (Å²) in [6, 6.07) is 8.59. The first-order valence-electron chi connectivity index (χ1n) is 7.47. The topological polar surface area (TPSA) is 42.7 Å². The average molecular weight is 351 g/mol. The van der Waals surface area contributed by atoms with Crippen molar-refractivity contribution in [3.05, 3.63) is 46.5 Å². The second kappa shape index (κ2) is 8.29. The highest BCUT2D eigenvalue weighted by atomic mass is 79.9. The zero-order valence-corrected chi connectivity index (χ0v) is 14.3. The van der Waals surface area contributed by atoms with Crippen LogP contribution in [0.15, 0.2) is 35.1 Å². The number of aromatic nitrogens is 3. The molecule has 0 spiro atoms. The Morgan fingerprint density at radius 2 is 2.00 bits per heavy atom. The van der Waals surface area contributed by atoms with E-state index in [2.05, 4.69) is 62.5 Å². The molecule has 4 nitrogen and oxygen atoms in total. The monoisotopic (exact) mass is 350 g/mol. The van der Waals surface area contributed by atoms with Crippen molar-refractivity contribution in [2.45, 2.75) is 26.2 Å². The zero-order valence-electron chi connectivity index (χ0n) is 12.7. The van der Waals surface area contributed by atoms with E-state index in [1.54, 1.807) is 6.33 Å². The molecule has 1 N–H and O–H groups in total. The normalized spacial score (nSPS) is 12.5. The van der Waals surface area contributed by atoms with E-state index in [4.69, 9.17) is 0 Å². The van der Waals surface area contributed by atoms with Gasteiger partial charge < -0.3 is 5.32 Å². The molecular formula is C16H23BrN4. The van der Waals surface area contributed by atoms with Crippen LogP contribution in [0.4, 0.5) is 0 Å². The molecule has 0 aliphatic heterocycles. The molecule has 0 saturated carbocycles. The van der Waals surface area contributed by atoms with Crippen LogP contribution in [-0.4, -0.2) is 27.9 Å². The molecule has 1 aromatic heterocycles. The standard InChI is InChI=1S/C16H23BrN4/c1-3-8-18-11-14(10-16-19-12-20-21(16)2)9-13-4-6-15(17)7-5-13/h4-7,12,14,18H,3,8-11H2,1-2H3. The molecule has 1 aromatic carbocycles. The minimum atomic E-state index is 0.528. The molecule has 1 unspecified atom stereocenters. The van der Waals surface area contributed by atoms with E-state index in [-0.39, 0.29) is 0 Å². The number of hydrogen-bond donors (Lipinski definition) is 1. The Kier molecular flexibility index (Phi) is 6.39. The van der Waals surface area contributed by atoms with Crippen LogP contribution in [0, 0.1) is 5.92 Å². The first kappa shape index (κ1) is 16.2. The summed E-state index contributed by atoms with van der Waals surface area (Å²) in [5.41, 5.74) is 1.36. The fraction of sp³-hybridized carbons (Fsp3) is 0.500. The van der Waals surface area contributed by atoms with Crippen molar-refractivity contribution in [2.75, 3.05) is 13.1 Å². The average Bonchev–Trinajstić information content (AvgIpc) is 2.87. The van der Waals surface area contributed by atoms with Gasteiger partial charge in [0.1, 0.15) is 12.2 Å². The maximum Gasteiger partial charge on any atom is 0.138 e. The lowest BCUT2D eigenvalue weighted by molar-refractivity contribution is 0.453. The Morgan fingerprint density at radius 1 is 1.24 bits per heavy atom. The van der Waals surface area contributed by atoms with E-state index in [0.717, 1.165) is 42.6 Å². The molecule has 0 fully saturated rings. The number of hydrogen-bond acceptors (Lipinski definition) is 3. The lowest BCUT2D eigenvalue weighted by Crippen LogP contribution is -2.27. The van der Waals surface area contributed by atoms with Gasteiger partial charge in [0.25, 0.3) is 0 Å². The summed E-state index contributed by atoms with van der Waals surface area (Å²) in [6.07, 6.45) is 4.79. The van der Waals surface area contributed by atoms with E-state index in [0.29, 0.717) is 5.92 Å². The summed E-state index contributed by atoms with van der Waals surface area (Å²) >= 11 is 3.49. The number of aryl methyl sites for hydroxylation is 1. The molecule has 0 radical (unpaired) electrons. The molecule has 2 aromatic rings. The predicted molar refractivity (Wildman–Crippen MR) is 89.2 cm³/mol. The SMILES string of the molecule is CCCNCC(Cc1ccc(Br)cc1)Cc1ncnn1C. The number of benzene rings is 1. The van der Waals surface area contributed by atoms with Crippen molar-refractivity contribution in [1.29, 1.82) is 0 Å². The second-order valence-electron chi connectivity index (χ2n) is 5.40. The number of nitrogens with one attached hydrogen (secondary N) is 1.